The van der Waals surface area contributed by atoms with Crippen LogP contribution in [-0.2, 0) is 6.42 Å². The molecule has 2 aromatic heterocycles. The minimum atomic E-state index is 0.0740. The normalized spacial score (nSPS) is 16.2. The molecule has 1 N–H and O–H groups in total. The number of carbonyl (C=O) groups excluding carboxylic acids is 1. The topological polar surface area (TPSA) is 58.2 Å². The Morgan fingerprint density at radius 2 is 2.00 bits per heavy atom. The molecule has 1 aliphatic rings. The van der Waals surface area contributed by atoms with Gasteiger partial charge < -0.3 is 14.6 Å². The Hall–Kier alpha value is -3.60. The van der Waals surface area contributed by atoms with Crippen molar-refractivity contribution in [1.29, 1.82) is 0 Å². The maximum atomic E-state index is 13.2. The predicted octanol–water partition coefficient (Wildman–Crippen LogP) is 5.49. The number of benzene rings is 2. The van der Waals surface area contributed by atoms with Crippen molar-refractivity contribution in [2.75, 3.05) is 20.2 Å². The molecule has 1 fully saturated rings. The molecular weight excluding hydrogens is 410 g/mol. The summed E-state index contributed by atoms with van der Waals surface area (Å²) in [6.45, 7) is 3.57. The van der Waals surface area contributed by atoms with Gasteiger partial charge in [0, 0.05) is 41.8 Å². The smallest absolute Gasteiger partial charge is 0.270 e. The number of nitrogens with zero attached hydrogens (tertiary/aromatic N) is 2. The third-order valence-electron chi connectivity index (χ3n) is 6.63. The number of rotatable bonds is 5. The number of piperidine rings is 1. The van der Waals surface area contributed by atoms with Crippen LogP contribution in [0.15, 0.2) is 66.9 Å². The summed E-state index contributed by atoms with van der Waals surface area (Å²) < 4.78 is 5.33. The zero-order valence-electron chi connectivity index (χ0n) is 19.2. The van der Waals surface area contributed by atoms with Gasteiger partial charge in [-0.2, -0.15) is 0 Å². The molecule has 2 aromatic carbocycles. The fourth-order valence-corrected chi connectivity index (χ4v) is 4.80. The Balaban J connectivity index is 1.28. The van der Waals surface area contributed by atoms with Gasteiger partial charge in [-0.05, 0) is 73.2 Å². The van der Waals surface area contributed by atoms with Crippen LogP contribution in [0.2, 0.25) is 0 Å². The first-order valence-corrected chi connectivity index (χ1v) is 11.6. The first-order chi connectivity index (χ1) is 16.1. The molecular formula is C28H29N3O2. The highest BCUT2D eigenvalue weighted by molar-refractivity contribution is 5.98. The minimum Gasteiger partial charge on any atom is -0.497 e. The summed E-state index contributed by atoms with van der Waals surface area (Å²) in [6.07, 6.45) is 4.83. The minimum absolute atomic E-state index is 0.0740. The molecule has 0 aliphatic carbocycles. The number of aromatic amines is 1. The number of likely N-dealkylation sites (tertiary alicyclic amines) is 1. The molecule has 1 amide bonds. The van der Waals surface area contributed by atoms with Crippen LogP contribution in [0.3, 0.4) is 0 Å². The SMILES string of the molecule is COc1cccc(Cc2ccc(C3CCCN(C(=O)c4cc5c(C)cccc5[nH]4)C3)nc2)c1. The molecule has 5 rings (SSSR count). The van der Waals surface area contributed by atoms with Gasteiger partial charge in [0.2, 0.25) is 0 Å². The molecule has 5 heteroatoms. The monoisotopic (exact) mass is 439 g/mol. The molecule has 0 bridgehead atoms. The lowest BCUT2D eigenvalue weighted by Gasteiger charge is -2.32. The zero-order chi connectivity index (χ0) is 22.8. The van der Waals surface area contributed by atoms with E-state index in [1.54, 1.807) is 7.11 Å². The van der Waals surface area contributed by atoms with Gasteiger partial charge in [0.1, 0.15) is 11.4 Å². The zero-order valence-corrected chi connectivity index (χ0v) is 19.2. The molecule has 1 aliphatic heterocycles. The average Bonchev–Trinajstić information content (AvgIpc) is 3.30. The highest BCUT2D eigenvalue weighted by atomic mass is 16.5. The number of ether oxygens (including phenoxy) is 1. The summed E-state index contributed by atoms with van der Waals surface area (Å²) in [5.41, 5.74) is 6.30. The number of fused-ring (bicyclic) bond motifs is 1. The molecule has 0 spiro atoms. The fraction of sp³-hybridized carbons (Fsp3) is 0.286. The van der Waals surface area contributed by atoms with Gasteiger partial charge in [-0.3, -0.25) is 9.78 Å². The third kappa shape index (κ3) is 4.49. The van der Waals surface area contributed by atoms with E-state index in [1.165, 1.54) is 16.7 Å². The highest BCUT2D eigenvalue weighted by Gasteiger charge is 2.27. The number of aryl methyl sites for hydroxylation is 1. The molecule has 1 unspecified atom stereocenters. The van der Waals surface area contributed by atoms with Gasteiger partial charge in [0.25, 0.3) is 5.91 Å². The number of amides is 1. The maximum absolute atomic E-state index is 13.2. The van der Waals surface area contributed by atoms with Crippen molar-refractivity contribution in [2.24, 2.45) is 0 Å². The maximum Gasteiger partial charge on any atom is 0.270 e. The van der Waals surface area contributed by atoms with Crippen LogP contribution in [0.4, 0.5) is 0 Å². The largest absolute Gasteiger partial charge is 0.497 e. The number of pyridine rings is 1. The molecule has 5 nitrogen and oxygen atoms in total. The Morgan fingerprint density at radius 3 is 2.79 bits per heavy atom. The molecule has 168 valence electrons. The molecule has 0 saturated carbocycles. The number of H-pyrrole nitrogens is 1. The molecule has 33 heavy (non-hydrogen) atoms. The van der Waals surface area contributed by atoms with E-state index in [0.717, 1.165) is 48.2 Å². The van der Waals surface area contributed by atoms with Crippen LogP contribution < -0.4 is 4.74 Å². The Kier molecular flexibility index (Phi) is 5.86. The summed E-state index contributed by atoms with van der Waals surface area (Å²) in [6, 6.07) is 20.5. The number of hydrogen-bond donors (Lipinski definition) is 1. The lowest BCUT2D eigenvalue weighted by atomic mass is 9.93. The van der Waals surface area contributed by atoms with E-state index in [1.807, 2.05) is 41.4 Å². The van der Waals surface area contributed by atoms with Gasteiger partial charge in [0.05, 0.1) is 7.11 Å². The van der Waals surface area contributed by atoms with Crippen molar-refractivity contribution in [3.63, 3.8) is 0 Å². The van der Waals surface area contributed by atoms with E-state index in [-0.39, 0.29) is 11.8 Å². The van der Waals surface area contributed by atoms with E-state index in [2.05, 4.69) is 42.2 Å². The van der Waals surface area contributed by atoms with Crippen molar-refractivity contribution >= 4 is 16.8 Å². The van der Waals surface area contributed by atoms with Crippen LogP contribution in [-0.4, -0.2) is 41.0 Å². The Morgan fingerprint density at radius 1 is 1.12 bits per heavy atom. The first-order valence-electron chi connectivity index (χ1n) is 11.6. The lowest BCUT2D eigenvalue weighted by Crippen LogP contribution is -2.39. The Bertz CT molecular complexity index is 1280. The van der Waals surface area contributed by atoms with Crippen molar-refractivity contribution in [1.82, 2.24) is 14.9 Å². The summed E-state index contributed by atoms with van der Waals surface area (Å²) >= 11 is 0. The summed E-state index contributed by atoms with van der Waals surface area (Å²) in [5.74, 6) is 1.21. The van der Waals surface area contributed by atoms with Gasteiger partial charge in [-0.1, -0.05) is 30.3 Å². The average molecular weight is 440 g/mol. The first kappa shape index (κ1) is 21.3. The van der Waals surface area contributed by atoms with Crippen molar-refractivity contribution in [2.45, 2.75) is 32.1 Å². The van der Waals surface area contributed by atoms with Gasteiger partial charge >= 0.3 is 0 Å². The van der Waals surface area contributed by atoms with Crippen molar-refractivity contribution in [3.05, 3.63) is 94.9 Å². The number of aromatic nitrogens is 2. The van der Waals surface area contributed by atoms with Crippen molar-refractivity contribution in [3.8, 4) is 5.75 Å². The van der Waals surface area contributed by atoms with Crippen LogP contribution in [0.25, 0.3) is 10.9 Å². The van der Waals surface area contributed by atoms with E-state index in [4.69, 9.17) is 9.72 Å². The molecule has 1 saturated heterocycles. The second-order valence-electron chi connectivity index (χ2n) is 8.93. The Labute approximate surface area is 194 Å². The van der Waals surface area contributed by atoms with Crippen LogP contribution in [0.1, 0.15) is 51.6 Å². The van der Waals surface area contributed by atoms with E-state index < -0.39 is 0 Å². The molecule has 0 radical (unpaired) electrons. The summed E-state index contributed by atoms with van der Waals surface area (Å²) in [5, 5.41) is 1.11. The molecule has 3 heterocycles. The summed E-state index contributed by atoms with van der Waals surface area (Å²) in [4.78, 5) is 23.3. The summed E-state index contributed by atoms with van der Waals surface area (Å²) in [7, 11) is 1.69. The second-order valence-corrected chi connectivity index (χ2v) is 8.93. The van der Waals surface area contributed by atoms with E-state index in [0.29, 0.717) is 12.2 Å². The number of hydrogen-bond acceptors (Lipinski definition) is 3. The highest BCUT2D eigenvalue weighted by Crippen LogP contribution is 2.28. The lowest BCUT2D eigenvalue weighted by molar-refractivity contribution is 0.0701. The fourth-order valence-electron chi connectivity index (χ4n) is 4.80. The molecule has 4 aromatic rings. The predicted molar refractivity (Wildman–Crippen MR) is 131 cm³/mol. The standard InChI is InChI=1S/C28H29N3O2/c1-19-6-3-10-26-24(19)16-27(30-26)28(32)31-13-5-8-22(18-31)25-12-11-21(17-29-25)14-20-7-4-9-23(15-20)33-2/h3-4,6-7,9-12,15-17,22,30H,5,8,13-14,18H2,1-2H3. The van der Waals surface area contributed by atoms with Crippen LogP contribution in [0.5, 0.6) is 5.75 Å². The number of carbonyl (C=O) groups is 1. The van der Waals surface area contributed by atoms with E-state index >= 15 is 0 Å². The second kappa shape index (κ2) is 9.10. The van der Waals surface area contributed by atoms with Crippen LogP contribution >= 0.6 is 0 Å². The number of methoxy groups -OCH3 is 1. The van der Waals surface area contributed by atoms with Crippen LogP contribution in [0, 0.1) is 6.92 Å². The quantitative estimate of drug-likeness (QED) is 0.447. The van der Waals surface area contributed by atoms with Gasteiger partial charge in [0.15, 0.2) is 0 Å². The molecule has 1 atom stereocenters. The van der Waals surface area contributed by atoms with Gasteiger partial charge in [-0.15, -0.1) is 0 Å². The number of nitrogens with one attached hydrogen (secondary N) is 1. The van der Waals surface area contributed by atoms with Crippen molar-refractivity contribution < 1.29 is 9.53 Å². The van der Waals surface area contributed by atoms with Gasteiger partial charge in [-0.25, -0.2) is 0 Å². The van der Waals surface area contributed by atoms with E-state index in [9.17, 15) is 4.79 Å². The third-order valence-corrected chi connectivity index (χ3v) is 6.63.